The van der Waals surface area contributed by atoms with Gasteiger partial charge in [0.25, 0.3) is 5.91 Å². The largest absolute Gasteiger partial charge is 0.493 e. The van der Waals surface area contributed by atoms with Crippen molar-refractivity contribution in [3.63, 3.8) is 0 Å². The molecule has 1 aromatic heterocycles. The number of nitrogens with one attached hydrogen (secondary N) is 2. The average molecular weight is 606 g/mol. The van der Waals surface area contributed by atoms with E-state index in [4.69, 9.17) is 9.47 Å². The maximum atomic E-state index is 13.9. The molecule has 3 aromatic carbocycles. The lowest BCUT2D eigenvalue weighted by molar-refractivity contribution is -0.122. The second kappa shape index (κ2) is 11.1. The zero-order valence-electron chi connectivity index (χ0n) is 22.4. The van der Waals surface area contributed by atoms with Crippen molar-refractivity contribution in [3.8, 4) is 11.5 Å². The molecule has 12 heteroatoms. The van der Waals surface area contributed by atoms with E-state index in [-0.39, 0.29) is 29.0 Å². The van der Waals surface area contributed by atoms with Crippen LogP contribution in [-0.4, -0.2) is 41.7 Å². The molecule has 6 rings (SSSR count). The summed E-state index contributed by atoms with van der Waals surface area (Å²) in [7, 11) is 1.45. The molecule has 3 amide bonds. The number of amides is 3. The van der Waals surface area contributed by atoms with Crippen molar-refractivity contribution < 1.29 is 28.2 Å². The number of methoxy groups -OCH3 is 1. The first-order valence-corrected chi connectivity index (χ1v) is 14.6. The minimum Gasteiger partial charge on any atom is -0.493 e. The fourth-order valence-electron chi connectivity index (χ4n) is 5.19. The summed E-state index contributed by atoms with van der Waals surface area (Å²) in [6.45, 7) is 1.59. The van der Waals surface area contributed by atoms with Gasteiger partial charge in [0.2, 0.25) is 11.8 Å². The molecule has 2 aliphatic heterocycles. The third-order valence-corrected chi connectivity index (χ3v) is 9.55. The minimum atomic E-state index is -0.749. The van der Waals surface area contributed by atoms with Gasteiger partial charge in [-0.2, -0.15) is 0 Å². The van der Waals surface area contributed by atoms with Crippen LogP contribution in [0.4, 0.5) is 15.8 Å². The van der Waals surface area contributed by atoms with Gasteiger partial charge in [0.15, 0.2) is 18.1 Å². The number of carbonyl (C=O) groups is 3. The predicted octanol–water partition coefficient (Wildman–Crippen LogP) is 4.71. The Labute approximate surface area is 247 Å². The molecule has 0 bridgehead atoms. The third kappa shape index (κ3) is 5.07. The van der Waals surface area contributed by atoms with Crippen molar-refractivity contribution in [1.82, 2.24) is 4.98 Å². The number of hydrogen-bond acceptors (Lipinski definition) is 8. The highest BCUT2D eigenvalue weighted by atomic mass is 32.2. The van der Waals surface area contributed by atoms with Crippen molar-refractivity contribution in [2.45, 2.75) is 23.1 Å². The summed E-state index contributed by atoms with van der Waals surface area (Å²) in [6, 6.07) is 17.6. The molecule has 2 N–H and O–H groups in total. The van der Waals surface area contributed by atoms with Crippen LogP contribution >= 0.6 is 23.1 Å². The Morgan fingerprint density at radius 2 is 1.74 bits per heavy atom. The maximum absolute atomic E-state index is 13.9. The first kappa shape index (κ1) is 27.7. The smallest absolute Gasteiger partial charge is 0.305 e. The molecule has 2 aliphatic rings. The van der Waals surface area contributed by atoms with Gasteiger partial charge in [0.1, 0.15) is 11.1 Å². The van der Waals surface area contributed by atoms with Gasteiger partial charge in [0.05, 0.1) is 23.7 Å². The molecule has 9 nitrogen and oxygen atoms in total. The maximum Gasteiger partial charge on any atom is 0.305 e. The van der Waals surface area contributed by atoms with Gasteiger partial charge in [0, 0.05) is 16.5 Å². The van der Waals surface area contributed by atoms with Gasteiger partial charge in [-0.1, -0.05) is 46.9 Å². The van der Waals surface area contributed by atoms with Gasteiger partial charge in [-0.25, -0.2) is 9.29 Å². The second-order valence-electron chi connectivity index (χ2n) is 9.85. The number of H-pyrrole nitrogens is 1. The van der Waals surface area contributed by atoms with Gasteiger partial charge in [-0.05, 0) is 61.0 Å². The summed E-state index contributed by atoms with van der Waals surface area (Å²) in [6.07, 6.45) is 0. The van der Waals surface area contributed by atoms with Crippen LogP contribution in [0.1, 0.15) is 21.9 Å². The number of carbonyl (C=O) groups excluding carboxylic acids is 3. The number of hydrogen-bond donors (Lipinski definition) is 2. The van der Waals surface area contributed by atoms with Crippen molar-refractivity contribution >= 4 is 52.2 Å². The average Bonchev–Trinajstić information content (AvgIpc) is 3.47. The lowest BCUT2D eigenvalue weighted by Gasteiger charge is -2.30. The summed E-state index contributed by atoms with van der Waals surface area (Å²) >= 11 is 2.22. The molecule has 2 unspecified atom stereocenters. The number of fused-ring (bicyclic) bond motifs is 2. The number of ether oxygens (including phenoxy) is 2. The Morgan fingerprint density at radius 3 is 2.45 bits per heavy atom. The fourth-order valence-corrected chi connectivity index (χ4v) is 7.71. The highest BCUT2D eigenvalue weighted by Crippen LogP contribution is 2.53. The predicted molar refractivity (Wildman–Crippen MR) is 157 cm³/mol. The third-order valence-electron chi connectivity index (χ3n) is 7.15. The molecule has 214 valence electrons. The number of aromatic nitrogens is 1. The minimum absolute atomic E-state index is 0.271. The number of anilines is 2. The summed E-state index contributed by atoms with van der Waals surface area (Å²) in [5.74, 6) is -2.28. The first-order chi connectivity index (χ1) is 20.2. The molecule has 0 aliphatic carbocycles. The van der Waals surface area contributed by atoms with E-state index in [2.05, 4.69) is 10.3 Å². The van der Waals surface area contributed by atoms with Crippen molar-refractivity contribution in [1.29, 1.82) is 0 Å². The molecule has 3 atom stereocenters. The molecule has 42 heavy (non-hydrogen) atoms. The topological polar surface area (TPSA) is 118 Å². The van der Waals surface area contributed by atoms with E-state index in [1.54, 1.807) is 30.3 Å². The van der Waals surface area contributed by atoms with Gasteiger partial charge in [-0.15, -0.1) is 0 Å². The summed E-state index contributed by atoms with van der Waals surface area (Å²) < 4.78 is 24.4. The number of nitrogens with zero attached hydrogens (tertiary/aromatic N) is 1. The number of benzene rings is 3. The van der Waals surface area contributed by atoms with Crippen LogP contribution in [0, 0.1) is 18.7 Å². The Hall–Kier alpha value is -4.42. The van der Waals surface area contributed by atoms with Gasteiger partial charge < -0.3 is 19.8 Å². The van der Waals surface area contributed by atoms with Crippen LogP contribution < -0.4 is 24.6 Å². The number of thiazole rings is 1. The zero-order chi connectivity index (χ0) is 29.5. The summed E-state index contributed by atoms with van der Waals surface area (Å²) in [5.41, 5.74) is 2.59. The van der Waals surface area contributed by atoms with E-state index in [1.165, 1.54) is 48.0 Å². The van der Waals surface area contributed by atoms with Crippen LogP contribution in [0.3, 0.4) is 0 Å². The van der Waals surface area contributed by atoms with E-state index in [9.17, 15) is 23.6 Å². The van der Waals surface area contributed by atoms with E-state index >= 15 is 0 Å². The normalized spacial score (nSPS) is 19.3. The molecule has 1 saturated heterocycles. The number of aromatic amines is 1. The molecule has 4 aromatic rings. The fraction of sp³-hybridized carbons (Fsp3) is 0.200. The van der Waals surface area contributed by atoms with Crippen molar-refractivity contribution in [2.24, 2.45) is 5.92 Å². The summed E-state index contributed by atoms with van der Waals surface area (Å²) in [5, 5.41) is 2.47. The lowest BCUT2D eigenvalue weighted by Crippen LogP contribution is -2.32. The number of imide groups is 1. The first-order valence-electron chi connectivity index (χ1n) is 12.9. The standard InChI is InChI=1S/C30H24FN3O6S2/c1-15-3-10-19(11-4-15)34-28(36)24-23(25-27(33-30(38)42-25)41-26(24)29(34)37)16-5-12-20(21(13-16)39-2)40-14-22(35)32-18-8-6-17(31)7-9-18/h3-13,23-24,26H,14H2,1-2H3,(H,32,35)(H,33,38)/t23-,24?,26?/m1/s1. The molecule has 0 spiro atoms. The van der Waals surface area contributed by atoms with Crippen LogP contribution in [-0.2, 0) is 14.4 Å². The molecular weight excluding hydrogens is 581 g/mol. The molecule has 3 heterocycles. The quantitative estimate of drug-likeness (QED) is 0.293. The SMILES string of the molecule is COc1cc([C@H]2c3sc(=O)[nH]c3SC3C(=O)N(c4ccc(C)cc4)C(=O)C32)ccc1OCC(=O)Nc1ccc(F)cc1. The molecule has 0 radical (unpaired) electrons. The highest BCUT2D eigenvalue weighted by molar-refractivity contribution is 8.00. The van der Waals surface area contributed by atoms with E-state index in [0.29, 0.717) is 32.6 Å². The zero-order valence-corrected chi connectivity index (χ0v) is 24.0. The van der Waals surface area contributed by atoms with Crippen molar-refractivity contribution in [2.75, 3.05) is 23.9 Å². The van der Waals surface area contributed by atoms with E-state index in [1.807, 2.05) is 19.1 Å². The Balaban J connectivity index is 1.29. The highest BCUT2D eigenvalue weighted by Gasteiger charge is 2.56. The molecule has 1 fully saturated rings. The van der Waals surface area contributed by atoms with Crippen molar-refractivity contribution in [3.05, 3.63) is 98.2 Å². The summed E-state index contributed by atoms with van der Waals surface area (Å²) in [4.78, 5) is 56.7. The molecule has 0 saturated carbocycles. The number of halogens is 1. The number of aryl methyl sites for hydroxylation is 1. The van der Waals surface area contributed by atoms with Crippen LogP contribution in [0.5, 0.6) is 11.5 Å². The van der Waals surface area contributed by atoms with E-state index < -0.39 is 28.8 Å². The second-order valence-corrected chi connectivity index (χ2v) is 12.0. The monoisotopic (exact) mass is 605 g/mol. The Bertz CT molecular complexity index is 1750. The Morgan fingerprint density at radius 1 is 1.00 bits per heavy atom. The lowest BCUT2D eigenvalue weighted by atomic mass is 9.83. The van der Waals surface area contributed by atoms with Gasteiger partial charge >= 0.3 is 4.87 Å². The number of thioether (sulfide) groups is 1. The van der Waals surface area contributed by atoms with Crippen LogP contribution in [0.15, 0.2) is 76.6 Å². The van der Waals surface area contributed by atoms with Gasteiger partial charge in [-0.3, -0.25) is 19.2 Å². The van der Waals surface area contributed by atoms with Crippen LogP contribution in [0.2, 0.25) is 0 Å². The number of rotatable bonds is 7. The van der Waals surface area contributed by atoms with E-state index in [0.717, 1.165) is 16.9 Å². The Kier molecular flexibility index (Phi) is 7.33. The van der Waals surface area contributed by atoms with Crippen LogP contribution in [0.25, 0.3) is 0 Å². The molecular formula is C30H24FN3O6S2.